The van der Waals surface area contributed by atoms with Crippen molar-refractivity contribution in [3.8, 4) is 17.1 Å². The fraction of sp³-hybridized carbons (Fsp3) is 0.577. The predicted octanol–water partition coefficient (Wildman–Crippen LogP) is 3.52. The van der Waals surface area contributed by atoms with E-state index >= 15 is 0 Å². The zero-order valence-electron chi connectivity index (χ0n) is 21.5. The second-order valence-corrected chi connectivity index (χ2v) is 10.6. The highest BCUT2D eigenvalue weighted by Gasteiger charge is 2.27. The average Bonchev–Trinajstić information content (AvgIpc) is 3.11. The van der Waals surface area contributed by atoms with Crippen LogP contribution in [-0.4, -0.2) is 75.9 Å². The molecule has 0 amide bonds. The summed E-state index contributed by atoms with van der Waals surface area (Å²) in [6, 6.07) is 4.63. The van der Waals surface area contributed by atoms with Crippen molar-refractivity contribution in [1.29, 1.82) is 5.41 Å². The maximum Gasteiger partial charge on any atom is 0.155 e. The van der Waals surface area contributed by atoms with Crippen LogP contribution in [0.4, 0.5) is 0 Å². The van der Waals surface area contributed by atoms with E-state index in [1.165, 1.54) is 11.1 Å². The van der Waals surface area contributed by atoms with Crippen LogP contribution in [0.3, 0.4) is 0 Å². The van der Waals surface area contributed by atoms with Crippen LogP contribution in [0.2, 0.25) is 0 Å². The number of aryl methyl sites for hydroxylation is 1. The fourth-order valence-corrected chi connectivity index (χ4v) is 4.69. The van der Waals surface area contributed by atoms with E-state index in [4.69, 9.17) is 15.1 Å². The maximum absolute atomic E-state index is 7.45. The highest BCUT2D eigenvalue weighted by atomic mass is 16.5. The smallest absolute Gasteiger partial charge is 0.155 e. The Morgan fingerprint density at radius 3 is 2.59 bits per heavy atom. The van der Waals surface area contributed by atoms with Crippen LogP contribution >= 0.6 is 0 Å². The van der Waals surface area contributed by atoms with Crippen LogP contribution in [0.1, 0.15) is 51.4 Å². The number of hydrogen-bond acceptors (Lipinski definition) is 5. The molecular weight excluding hydrogens is 426 g/mol. The molecule has 184 valence electrons. The molecule has 0 radical (unpaired) electrons. The van der Waals surface area contributed by atoms with Crippen LogP contribution in [-0.2, 0) is 13.1 Å². The molecule has 4 rings (SSSR count). The summed E-state index contributed by atoms with van der Waals surface area (Å²) in [5.41, 5.74) is 4.57. The SMILES string of the molecule is Cc1cc2c(cc1CN1CCN(C(C)(C)C)CC1)-c1nc(/C(=N/C=N)NC(C)C)cn1CCO2. The molecule has 0 spiro atoms. The summed E-state index contributed by atoms with van der Waals surface area (Å²) in [4.78, 5) is 14.3. The van der Waals surface area contributed by atoms with Gasteiger partial charge in [0, 0.05) is 50.5 Å². The Kier molecular flexibility index (Phi) is 7.09. The van der Waals surface area contributed by atoms with E-state index < -0.39 is 0 Å². The van der Waals surface area contributed by atoms with E-state index in [-0.39, 0.29) is 11.6 Å². The van der Waals surface area contributed by atoms with E-state index in [0.717, 1.165) is 68.4 Å². The minimum absolute atomic E-state index is 0.198. The van der Waals surface area contributed by atoms with Crippen molar-refractivity contribution in [1.82, 2.24) is 24.7 Å². The van der Waals surface area contributed by atoms with Crippen molar-refractivity contribution in [2.75, 3.05) is 32.8 Å². The number of piperazine rings is 1. The normalized spacial score (nSPS) is 17.7. The van der Waals surface area contributed by atoms with Crippen molar-refractivity contribution in [2.24, 2.45) is 4.99 Å². The van der Waals surface area contributed by atoms with Gasteiger partial charge in [-0.25, -0.2) is 9.98 Å². The zero-order chi connectivity index (χ0) is 24.5. The van der Waals surface area contributed by atoms with Gasteiger partial charge in [0.1, 0.15) is 30.2 Å². The maximum atomic E-state index is 7.45. The lowest BCUT2D eigenvalue weighted by Crippen LogP contribution is -2.53. The number of rotatable bonds is 5. The summed E-state index contributed by atoms with van der Waals surface area (Å²) in [5.74, 6) is 2.40. The number of nitrogens with one attached hydrogen (secondary N) is 2. The number of nitrogens with zero attached hydrogens (tertiary/aromatic N) is 5. The molecule has 0 saturated carbocycles. The molecule has 2 aliphatic heterocycles. The van der Waals surface area contributed by atoms with Gasteiger partial charge in [0.2, 0.25) is 0 Å². The van der Waals surface area contributed by atoms with Crippen molar-refractivity contribution >= 4 is 12.2 Å². The molecule has 2 aliphatic rings. The molecule has 1 fully saturated rings. The molecule has 1 saturated heterocycles. The van der Waals surface area contributed by atoms with Gasteiger partial charge in [-0.3, -0.25) is 15.2 Å². The third-order valence-corrected chi connectivity index (χ3v) is 6.62. The molecule has 1 aromatic carbocycles. The van der Waals surface area contributed by atoms with Crippen molar-refractivity contribution < 1.29 is 4.74 Å². The summed E-state index contributed by atoms with van der Waals surface area (Å²) < 4.78 is 8.26. The van der Waals surface area contributed by atoms with Crippen LogP contribution in [0.15, 0.2) is 23.3 Å². The molecule has 1 aromatic heterocycles. The summed E-state index contributed by atoms with van der Waals surface area (Å²) in [7, 11) is 0. The second kappa shape index (κ2) is 9.88. The zero-order valence-corrected chi connectivity index (χ0v) is 21.5. The minimum atomic E-state index is 0.198. The molecule has 0 unspecified atom stereocenters. The van der Waals surface area contributed by atoms with Gasteiger partial charge in [0.05, 0.1) is 12.1 Å². The Morgan fingerprint density at radius 1 is 1.21 bits per heavy atom. The monoisotopic (exact) mass is 465 g/mol. The molecule has 8 nitrogen and oxygen atoms in total. The summed E-state index contributed by atoms with van der Waals surface area (Å²) in [6.07, 6.45) is 3.07. The molecule has 0 aliphatic carbocycles. The van der Waals surface area contributed by atoms with Gasteiger partial charge in [-0.05, 0) is 64.8 Å². The third kappa shape index (κ3) is 5.33. The first-order chi connectivity index (χ1) is 16.2. The Hall–Kier alpha value is -2.71. The lowest BCUT2D eigenvalue weighted by molar-refractivity contribution is 0.0590. The number of benzene rings is 1. The molecule has 2 N–H and O–H groups in total. The molecule has 2 aromatic rings. The molecule has 8 heteroatoms. The lowest BCUT2D eigenvalue weighted by atomic mass is 10.0. The molecule has 0 atom stereocenters. The van der Waals surface area contributed by atoms with Gasteiger partial charge in [0.15, 0.2) is 5.84 Å². The topological polar surface area (TPSA) is 81.8 Å². The molecule has 3 heterocycles. The number of fused-ring (bicyclic) bond motifs is 3. The first-order valence-corrected chi connectivity index (χ1v) is 12.3. The van der Waals surface area contributed by atoms with E-state index in [2.05, 4.69) is 78.4 Å². The van der Waals surface area contributed by atoms with Gasteiger partial charge in [0.25, 0.3) is 0 Å². The molecular formula is C26H39N7O. The number of aromatic nitrogens is 2. The van der Waals surface area contributed by atoms with E-state index in [1.54, 1.807) is 0 Å². The highest BCUT2D eigenvalue weighted by Crippen LogP contribution is 2.35. The van der Waals surface area contributed by atoms with Crippen LogP contribution in [0, 0.1) is 12.3 Å². The predicted molar refractivity (Wildman–Crippen MR) is 138 cm³/mol. The standard InChI is InChI=1S/C26H39N7O/c1-18(2)29-24(28-17-27)22-16-32-11-12-34-23-13-19(3)20(14-21(23)25(32)30-22)15-31-7-9-33(10-8-31)26(4,5)6/h13-14,16-18H,7-12,15H2,1-6H3,(H2,27,28,29). The Bertz CT molecular complexity index is 1060. The van der Waals surface area contributed by atoms with Gasteiger partial charge in [-0.15, -0.1) is 0 Å². The Balaban J connectivity index is 1.61. The number of ether oxygens (including phenoxy) is 1. The van der Waals surface area contributed by atoms with E-state index in [0.29, 0.717) is 12.4 Å². The minimum Gasteiger partial charge on any atom is -0.491 e. The summed E-state index contributed by atoms with van der Waals surface area (Å²) in [5, 5.41) is 10.8. The summed E-state index contributed by atoms with van der Waals surface area (Å²) >= 11 is 0. The number of aliphatic imine (C=N–C) groups is 1. The number of hydrogen-bond donors (Lipinski definition) is 2. The van der Waals surface area contributed by atoms with Crippen molar-refractivity contribution in [3.63, 3.8) is 0 Å². The van der Waals surface area contributed by atoms with Gasteiger partial charge in [-0.1, -0.05) is 0 Å². The first-order valence-electron chi connectivity index (χ1n) is 12.3. The Labute approximate surface area is 203 Å². The quantitative estimate of drug-likeness (QED) is 0.522. The van der Waals surface area contributed by atoms with Crippen LogP contribution in [0.5, 0.6) is 5.75 Å². The number of amidine groups is 1. The van der Waals surface area contributed by atoms with Crippen LogP contribution < -0.4 is 10.1 Å². The fourth-order valence-electron chi connectivity index (χ4n) is 4.69. The summed E-state index contributed by atoms with van der Waals surface area (Å²) in [6.45, 7) is 19.8. The Morgan fingerprint density at radius 2 is 1.94 bits per heavy atom. The largest absolute Gasteiger partial charge is 0.491 e. The van der Waals surface area contributed by atoms with Gasteiger partial charge >= 0.3 is 0 Å². The second-order valence-electron chi connectivity index (χ2n) is 10.6. The van der Waals surface area contributed by atoms with E-state index in [1.807, 2.05) is 6.20 Å². The highest BCUT2D eigenvalue weighted by molar-refractivity contribution is 6.01. The van der Waals surface area contributed by atoms with Crippen molar-refractivity contribution in [2.45, 2.75) is 66.2 Å². The van der Waals surface area contributed by atoms with Gasteiger partial charge in [-0.2, -0.15) is 0 Å². The van der Waals surface area contributed by atoms with E-state index in [9.17, 15) is 0 Å². The lowest BCUT2D eigenvalue weighted by Gasteiger charge is -2.42. The number of imidazole rings is 1. The van der Waals surface area contributed by atoms with Crippen LogP contribution in [0.25, 0.3) is 11.4 Å². The van der Waals surface area contributed by atoms with Crippen molar-refractivity contribution in [3.05, 3.63) is 35.2 Å². The third-order valence-electron chi connectivity index (χ3n) is 6.62. The molecule has 0 bridgehead atoms. The first kappa shape index (κ1) is 24.4. The average molecular weight is 466 g/mol. The van der Waals surface area contributed by atoms with Gasteiger partial charge < -0.3 is 14.6 Å². The molecule has 34 heavy (non-hydrogen) atoms.